The fraction of sp³-hybridized carbons (Fsp3) is 0.0667. The predicted molar refractivity (Wildman–Crippen MR) is 90.7 cm³/mol. The molecule has 0 atom stereocenters. The first kappa shape index (κ1) is 16.4. The van der Waals surface area contributed by atoms with E-state index in [1.807, 2.05) is 0 Å². The van der Waals surface area contributed by atoms with Crippen LogP contribution in [0.3, 0.4) is 0 Å². The van der Waals surface area contributed by atoms with Crippen molar-refractivity contribution in [3.8, 4) is 0 Å². The number of benzene rings is 2. The quantitative estimate of drug-likeness (QED) is 0.384. The second kappa shape index (κ2) is 7.32. The number of non-ortho nitro benzene ring substituents is 1. The number of hydrogen-bond acceptors (Lipinski definition) is 5. The van der Waals surface area contributed by atoms with E-state index in [0.29, 0.717) is 16.9 Å². The number of esters is 1. The van der Waals surface area contributed by atoms with Gasteiger partial charge in [-0.05, 0) is 36.5 Å². The van der Waals surface area contributed by atoms with Crippen LogP contribution in [0.1, 0.15) is 10.4 Å². The number of para-hydroxylation sites is 1. The smallest absolute Gasteiger partial charge is 0.339 e. The summed E-state index contributed by atoms with van der Waals surface area (Å²) in [5, 5.41) is 16.6. The number of ether oxygens (including phenoxy) is 1. The standard InChI is InChI=1S/C15H13N3O4S/c1-22-14(19)12-4-2-3-5-13(12)17-15(23)16-10-6-8-11(9-7-10)18(20)21/h2-9H,1H3,(H2,16,17,23). The van der Waals surface area contributed by atoms with Gasteiger partial charge in [0.2, 0.25) is 0 Å². The van der Waals surface area contributed by atoms with E-state index in [9.17, 15) is 14.9 Å². The average molecular weight is 331 g/mol. The lowest BCUT2D eigenvalue weighted by atomic mass is 10.2. The van der Waals surface area contributed by atoms with Gasteiger partial charge in [0.05, 0.1) is 23.3 Å². The Labute approximate surface area is 137 Å². The van der Waals surface area contributed by atoms with Crippen molar-refractivity contribution in [3.63, 3.8) is 0 Å². The number of methoxy groups -OCH3 is 1. The summed E-state index contributed by atoms with van der Waals surface area (Å²) in [6.45, 7) is 0. The molecule has 0 heterocycles. The normalized spacial score (nSPS) is 9.78. The van der Waals surface area contributed by atoms with Gasteiger partial charge in [-0.25, -0.2) is 4.79 Å². The van der Waals surface area contributed by atoms with Crippen LogP contribution in [0.4, 0.5) is 17.1 Å². The summed E-state index contributed by atoms with van der Waals surface area (Å²) >= 11 is 5.18. The summed E-state index contributed by atoms with van der Waals surface area (Å²) in [4.78, 5) is 21.8. The van der Waals surface area contributed by atoms with E-state index < -0.39 is 10.9 Å². The Morgan fingerprint density at radius 3 is 2.39 bits per heavy atom. The number of carbonyl (C=O) groups excluding carboxylic acids is 1. The van der Waals surface area contributed by atoms with E-state index in [0.717, 1.165) is 0 Å². The van der Waals surface area contributed by atoms with Gasteiger partial charge in [0.1, 0.15) is 0 Å². The van der Waals surface area contributed by atoms with Crippen LogP contribution in [-0.4, -0.2) is 23.1 Å². The van der Waals surface area contributed by atoms with Gasteiger partial charge in [0.15, 0.2) is 5.11 Å². The lowest BCUT2D eigenvalue weighted by Gasteiger charge is -2.13. The van der Waals surface area contributed by atoms with Gasteiger partial charge in [0, 0.05) is 17.8 Å². The van der Waals surface area contributed by atoms with Crippen LogP contribution < -0.4 is 10.6 Å². The van der Waals surface area contributed by atoms with Gasteiger partial charge in [-0.15, -0.1) is 0 Å². The second-order valence-electron chi connectivity index (χ2n) is 4.42. The third-order valence-corrected chi connectivity index (χ3v) is 3.12. The highest BCUT2D eigenvalue weighted by Gasteiger charge is 2.12. The predicted octanol–water partition coefficient (Wildman–Crippen LogP) is 3.19. The lowest BCUT2D eigenvalue weighted by Crippen LogP contribution is -2.20. The van der Waals surface area contributed by atoms with Crippen LogP contribution in [0.15, 0.2) is 48.5 Å². The zero-order valence-electron chi connectivity index (χ0n) is 12.1. The molecule has 2 aromatic carbocycles. The molecule has 0 amide bonds. The molecule has 23 heavy (non-hydrogen) atoms. The van der Waals surface area contributed by atoms with Crippen molar-refractivity contribution in [2.24, 2.45) is 0 Å². The Bertz CT molecular complexity index is 747. The van der Waals surface area contributed by atoms with Crippen molar-refractivity contribution >= 4 is 40.4 Å². The highest BCUT2D eigenvalue weighted by atomic mass is 32.1. The van der Waals surface area contributed by atoms with E-state index in [-0.39, 0.29) is 10.8 Å². The molecule has 0 saturated carbocycles. The molecule has 2 rings (SSSR count). The summed E-state index contributed by atoms with van der Waals surface area (Å²) in [6.07, 6.45) is 0. The Balaban J connectivity index is 2.08. The Morgan fingerprint density at radius 2 is 1.78 bits per heavy atom. The van der Waals surface area contributed by atoms with Crippen molar-refractivity contribution in [2.75, 3.05) is 17.7 Å². The maximum Gasteiger partial charge on any atom is 0.339 e. The third-order valence-electron chi connectivity index (χ3n) is 2.92. The van der Waals surface area contributed by atoms with E-state index >= 15 is 0 Å². The molecule has 0 saturated heterocycles. The molecule has 7 nitrogen and oxygen atoms in total. The van der Waals surface area contributed by atoms with Crippen LogP contribution in [0.2, 0.25) is 0 Å². The SMILES string of the molecule is COC(=O)c1ccccc1NC(=S)Nc1ccc([N+](=O)[O-])cc1. The minimum absolute atomic E-state index is 0.00883. The summed E-state index contributed by atoms with van der Waals surface area (Å²) < 4.78 is 4.71. The fourth-order valence-corrected chi connectivity index (χ4v) is 2.06. The largest absolute Gasteiger partial charge is 0.465 e. The molecule has 0 spiro atoms. The number of nitro benzene ring substituents is 1. The van der Waals surface area contributed by atoms with Gasteiger partial charge in [-0.1, -0.05) is 12.1 Å². The Morgan fingerprint density at radius 1 is 1.13 bits per heavy atom. The van der Waals surface area contributed by atoms with E-state index in [2.05, 4.69) is 10.6 Å². The molecule has 0 aliphatic carbocycles. The van der Waals surface area contributed by atoms with Gasteiger partial charge in [0.25, 0.3) is 5.69 Å². The van der Waals surface area contributed by atoms with E-state index in [4.69, 9.17) is 17.0 Å². The number of nitrogens with one attached hydrogen (secondary N) is 2. The molecule has 0 unspecified atom stereocenters. The minimum Gasteiger partial charge on any atom is -0.465 e. The number of thiocarbonyl (C=S) groups is 1. The molecule has 0 radical (unpaired) electrons. The zero-order chi connectivity index (χ0) is 16.8. The summed E-state index contributed by atoms with van der Waals surface area (Å²) in [7, 11) is 1.30. The average Bonchev–Trinajstić information content (AvgIpc) is 2.55. The van der Waals surface area contributed by atoms with Gasteiger partial charge in [-0.2, -0.15) is 0 Å². The van der Waals surface area contributed by atoms with Crippen LogP contribution in [0, 0.1) is 10.1 Å². The molecule has 2 aromatic rings. The first-order valence-corrected chi connectivity index (χ1v) is 6.92. The summed E-state index contributed by atoms with van der Waals surface area (Å²) in [6, 6.07) is 12.6. The highest BCUT2D eigenvalue weighted by Crippen LogP contribution is 2.18. The van der Waals surface area contributed by atoms with Gasteiger partial charge >= 0.3 is 5.97 Å². The van der Waals surface area contributed by atoms with Crippen molar-refractivity contribution in [1.82, 2.24) is 0 Å². The van der Waals surface area contributed by atoms with Crippen LogP contribution in [0.5, 0.6) is 0 Å². The monoisotopic (exact) mass is 331 g/mol. The second-order valence-corrected chi connectivity index (χ2v) is 4.83. The zero-order valence-corrected chi connectivity index (χ0v) is 12.9. The van der Waals surface area contributed by atoms with Crippen molar-refractivity contribution < 1.29 is 14.5 Å². The summed E-state index contributed by atoms with van der Waals surface area (Å²) in [5.41, 5.74) is 1.43. The maximum absolute atomic E-state index is 11.7. The molecular formula is C15H13N3O4S. The molecule has 8 heteroatoms. The molecule has 0 bridgehead atoms. The molecule has 2 N–H and O–H groups in total. The number of nitro groups is 1. The highest BCUT2D eigenvalue weighted by molar-refractivity contribution is 7.80. The Kier molecular flexibility index (Phi) is 5.21. The molecule has 0 aliphatic rings. The minimum atomic E-state index is -0.480. The molecular weight excluding hydrogens is 318 g/mol. The first-order valence-electron chi connectivity index (χ1n) is 6.51. The van der Waals surface area contributed by atoms with Crippen molar-refractivity contribution in [2.45, 2.75) is 0 Å². The van der Waals surface area contributed by atoms with E-state index in [1.165, 1.54) is 19.2 Å². The number of nitrogens with zero attached hydrogens (tertiary/aromatic N) is 1. The van der Waals surface area contributed by atoms with Crippen molar-refractivity contribution in [3.05, 3.63) is 64.2 Å². The lowest BCUT2D eigenvalue weighted by molar-refractivity contribution is -0.384. The number of rotatable bonds is 4. The molecule has 0 aromatic heterocycles. The third kappa shape index (κ3) is 4.24. The maximum atomic E-state index is 11.7. The van der Waals surface area contributed by atoms with Gasteiger partial charge < -0.3 is 15.4 Å². The number of hydrogen-bond donors (Lipinski definition) is 2. The van der Waals surface area contributed by atoms with Gasteiger partial charge in [-0.3, -0.25) is 10.1 Å². The molecule has 0 aliphatic heterocycles. The first-order chi connectivity index (χ1) is 11.0. The van der Waals surface area contributed by atoms with Crippen LogP contribution in [0.25, 0.3) is 0 Å². The van der Waals surface area contributed by atoms with Crippen LogP contribution in [-0.2, 0) is 4.74 Å². The van der Waals surface area contributed by atoms with Crippen LogP contribution >= 0.6 is 12.2 Å². The fourth-order valence-electron chi connectivity index (χ4n) is 1.83. The summed E-state index contributed by atoms with van der Waals surface area (Å²) in [5.74, 6) is -0.480. The number of carbonyl (C=O) groups is 1. The number of anilines is 2. The Hall–Kier alpha value is -3.00. The molecule has 0 fully saturated rings. The topological polar surface area (TPSA) is 93.5 Å². The van der Waals surface area contributed by atoms with Crippen molar-refractivity contribution in [1.29, 1.82) is 0 Å². The molecule has 118 valence electrons. The van der Waals surface area contributed by atoms with E-state index in [1.54, 1.807) is 36.4 Å².